The number of fused-ring (bicyclic) bond motifs is 1. The maximum atomic E-state index is 9.41. The fourth-order valence-corrected chi connectivity index (χ4v) is 2.69. The number of anilines is 1. The highest BCUT2D eigenvalue weighted by atomic mass is 16.5. The fraction of sp³-hybridized carbons (Fsp3) is 0.462. The number of hydrogen-bond donors (Lipinski definition) is 2. The number of ether oxygens (including phenoxy) is 1. The van der Waals surface area contributed by atoms with Crippen LogP contribution in [-0.4, -0.2) is 37.3 Å². The topological polar surface area (TPSA) is 99.1 Å². The average Bonchev–Trinajstić information content (AvgIpc) is 3.03. The van der Waals surface area contributed by atoms with Crippen LogP contribution in [0.15, 0.2) is 25.3 Å². The number of aliphatic hydroxyl groups excluding tert-OH is 1. The number of imidazole rings is 1. The van der Waals surface area contributed by atoms with Crippen LogP contribution in [0, 0.1) is 5.92 Å². The Kier molecular flexibility index (Phi) is 3.37. The maximum Gasteiger partial charge on any atom is 0.167 e. The number of hydrogen-bond acceptors (Lipinski definition) is 6. The van der Waals surface area contributed by atoms with Crippen LogP contribution in [0.1, 0.15) is 19.1 Å². The number of rotatable bonds is 4. The van der Waals surface area contributed by atoms with E-state index in [9.17, 15) is 5.11 Å². The molecule has 3 heterocycles. The van der Waals surface area contributed by atoms with E-state index in [1.165, 1.54) is 6.33 Å². The zero-order chi connectivity index (χ0) is 14.1. The first-order valence-electron chi connectivity index (χ1n) is 6.54. The lowest BCUT2D eigenvalue weighted by molar-refractivity contribution is -0.0288. The highest BCUT2D eigenvalue weighted by Crippen LogP contribution is 2.36. The summed E-state index contributed by atoms with van der Waals surface area (Å²) in [5.74, 6) is 0.604. The minimum atomic E-state index is -0.198. The van der Waals surface area contributed by atoms with Crippen LogP contribution in [0.25, 0.3) is 11.2 Å². The summed E-state index contributed by atoms with van der Waals surface area (Å²) in [6.07, 6.45) is 6.13. The van der Waals surface area contributed by atoms with Gasteiger partial charge in [0.25, 0.3) is 0 Å². The Morgan fingerprint density at radius 2 is 2.35 bits per heavy atom. The van der Waals surface area contributed by atoms with Gasteiger partial charge in [0.1, 0.15) is 18.1 Å². The number of aliphatic hydroxyl groups is 1. The van der Waals surface area contributed by atoms with Crippen molar-refractivity contribution < 1.29 is 9.84 Å². The Labute approximate surface area is 116 Å². The molecular formula is C13H17N5O2. The summed E-state index contributed by atoms with van der Waals surface area (Å²) >= 11 is 0. The Morgan fingerprint density at radius 3 is 3.10 bits per heavy atom. The maximum absolute atomic E-state index is 9.41. The zero-order valence-electron chi connectivity index (χ0n) is 11.0. The molecule has 1 aliphatic heterocycles. The summed E-state index contributed by atoms with van der Waals surface area (Å²) in [4.78, 5) is 12.4. The van der Waals surface area contributed by atoms with E-state index in [0.29, 0.717) is 17.0 Å². The predicted octanol–water partition coefficient (Wildman–Crippen LogP) is 0.881. The van der Waals surface area contributed by atoms with Crippen molar-refractivity contribution in [2.45, 2.75) is 25.2 Å². The molecule has 0 bridgehead atoms. The van der Waals surface area contributed by atoms with E-state index < -0.39 is 0 Å². The van der Waals surface area contributed by atoms with Crippen LogP contribution in [0.2, 0.25) is 0 Å². The molecule has 20 heavy (non-hydrogen) atoms. The van der Waals surface area contributed by atoms with E-state index in [2.05, 4.69) is 21.5 Å². The highest BCUT2D eigenvalue weighted by molar-refractivity contribution is 5.81. The normalized spacial score (nSPS) is 26.1. The van der Waals surface area contributed by atoms with Gasteiger partial charge in [-0.15, -0.1) is 6.58 Å². The van der Waals surface area contributed by atoms with Gasteiger partial charge in [0.05, 0.1) is 19.0 Å². The summed E-state index contributed by atoms with van der Waals surface area (Å²) in [5.41, 5.74) is 7.00. The van der Waals surface area contributed by atoms with Crippen molar-refractivity contribution in [3.8, 4) is 0 Å². The molecule has 7 nitrogen and oxygen atoms in total. The van der Waals surface area contributed by atoms with Gasteiger partial charge in [0, 0.05) is 0 Å². The van der Waals surface area contributed by atoms with Crippen molar-refractivity contribution in [1.82, 2.24) is 19.5 Å². The standard InChI is InChI=1S/C13H17N5O2/c1-2-3-8-4-10(20-9(8)5-19)18-7-17-11-12(14)15-6-16-13(11)18/h2,6-10,19H,1,3-5H2,(H2,14,15,16)/t8-,9+,10+/m0/s1. The van der Waals surface area contributed by atoms with Gasteiger partial charge in [-0.2, -0.15) is 0 Å². The Morgan fingerprint density at radius 1 is 1.50 bits per heavy atom. The van der Waals surface area contributed by atoms with Crippen molar-refractivity contribution in [3.63, 3.8) is 0 Å². The van der Waals surface area contributed by atoms with Gasteiger partial charge < -0.3 is 15.6 Å². The molecule has 1 fully saturated rings. The van der Waals surface area contributed by atoms with E-state index in [4.69, 9.17) is 10.5 Å². The van der Waals surface area contributed by atoms with Gasteiger partial charge in [-0.3, -0.25) is 4.57 Å². The summed E-state index contributed by atoms with van der Waals surface area (Å²) in [5, 5.41) is 9.41. The van der Waals surface area contributed by atoms with E-state index in [1.807, 2.05) is 10.6 Å². The molecule has 0 aromatic carbocycles. The molecule has 0 amide bonds. The van der Waals surface area contributed by atoms with Crippen molar-refractivity contribution in [2.24, 2.45) is 5.92 Å². The molecule has 3 atom stereocenters. The highest BCUT2D eigenvalue weighted by Gasteiger charge is 2.35. The van der Waals surface area contributed by atoms with Crippen LogP contribution in [-0.2, 0) is 4.74 Å². The van der Waals surface area contributed by atoms with Crippen LogP contribution >= 0.6 is 0 Å². The zero-order valence-corrected chi connectivity index (χ0v) is 11.0. The van der Waals surface area contributed by atoms with Gasteiger partial charge in [-0.1, -0.05) is 6.08 Å². The van der Waals surface area contributed by atoms with Crippen LogP contribution in [0.4, 0.5) is 5.82 Å². The lowest BCUT2D eigenvalue weighted by Gasteiger charge is -2.14. The molecule has 0 spiro atoms. The minimum Gasteiger partial charge on any atom is -0.394 e. The third-order valence-electron chi connectivity index (χ3n) is 3.71. The SMILES string of the molecule is C=CC[C@H]1C[C@H](n2cnc3c(N)ncnc32)O[C@@H]1CO. The van der Waals surface area contributed by atoms with Gasteiger partial charge >= 0.3 is 0 Å². The lowest BCUT2D eigenvalue weighted by atomic mass is 9.97. The predicted molar refractivity (Wildman–Crippen MR) is 73.7 cm³/mol. The monoisotopic (exact) mass is 275 g/mol. The Hall–Kier alpha value is -1.99. The third kappa shape index (κ3) is 2.04. The van der Waals surface area contributed by atoms with E-state index in [0.717, 1.165) is 12.8 Å². The third-order valence-corrected chi connectivity index (χ3v) is 3.71. The first-order valence-corrected chi connectivity index (χ1v) is 6.54. The smallest absolute Gasteiger partial charge is 0.167 e. The first-order chi connectivity index (χ1) is 9.74. The molecule has 0 unspecified atom stereocenters. The Bertz CT molecular complexity index is 626. The molecule has 0 radical (unpaired) electrons. The largest absolute Gasteiger partial charge is 0.394 e. The van der Waals surface area contributed by atoms with E-state index >= 15 is 0 Å². The molecule has 1 aliphatic rings. The number of allylic oxidation sites excluding steroid dienone is 1. The lowest BCUT2D eigenvalue weighted by Crippen LogP contribution is -2.20. The number of nitrogens with two attached hydrogens (primary N) is 1. The van der Waals surface area contributed by atoms with E-state index in [1.54, 1.807) is 6.33 Å². The molecule has 106 valence electrons. The minimum absolute atomic E-state index is 0.00123. The molecular weight excluding hydrogens is 258 g/mol. The quantitative estimate of drug-likeness (QED) is 0.804. The number of aromatic nitrogens is 4. The molecule has 0 saturated carbocycles. The molecule has 0 aliphatic carbocycles. The second-order valence-electron chi connectivity index (χ2n) is 4.91. The molecule has 3 N–H and O–H groups in total. The van der Waals surface area contributed by atoms with Crippen molar-refractivity contribution in [1.29, 1.82) is 0 Å². The van der Waals surface area contributed by atoms with Gasteiger partial charge in [-0.25, -0.2) is 15.0 Å². The molecule has 7 heteroatoms. The summed E-state index contributed by atoms with van der Waals surface area (Å²) in [7, 11) is 0. The molecule has 1 saturated heterocycles. The van der Waals surface area contributed by atoms with Crippen LogP contribution in [0.5, 0.6) is 0 Å². The Balaban J connectivity index is 1.92. The van der Waals surface area contributed by atoms with Gasteiger partial charge in [0.2, 0.25) is 0 Å². The van der Waals surface area contributed by atoms with Gasteiger partial charge in [-0.05, 0) is 18.8 Å². The van der Waals surface area contributed by atoms with E-state index in [-0.39, 0.29) is 24.9 Å². The summed E-state index contributed by atoms with van der Waals surface area (Å²) < 4.78 is 7.74. The van der Waals surface area contributed by atoms with Crippen molar-refractivity contribution in [3.05, 3.63) is 25.3 Å². The fourth-order valence-electron chi connectivity index (χ4n) is 2.69. The van der Waals surface area contributed by atoms with Crippen LogP contribution < -0.4 is 5.73 Å². The average molecular weight is 275 g/mol. The second kappa shape index (κ2) is 5.18. The van der Waals surface area contributed by atoms with Crippen LogP contribution in [0.3, 0.4) is 0 Å². The summed E-state index contributed by atoms with van der Waals surface area (Å²) in [6.45, 7) is 3.75. The molecule has 2 aromatic heterocycles. The molecule has 3 rings (SSSR count). The first kappa shape index (κ1) is 13.0. The van der Waals surface area contributed by atoms with Crippen molar-refractivity contribution in [2.75, 3.05) is 12.3 Å². The summed E-state index contributed by atoms with van der Waals surface area (Å²) in [6, 6.07) is 0. The van der Waals surface area contributed by atoms with Crippen molar-refractivity contribution >= 4 is 17.0 Å². The molecule has 2 aromatic rings. The number of nitrogens with zero attached hydrogens (tertiary/aromatic N) is 4. The second-order valence-corrected chi connectivity index (χ2v) is 4.91. The van der Waals surface area contributed by atoms with Gasteiger partial charge in [0.15, 0.2) is 11.5 Å². The number of nitrogen functional groups attached to an aromatic ring is 1.